The maximum absolute atomic E-state index is 11.7. The Labute approximate surface area is 147 Å². The van der Waals surface area contributed by atoms with Crippen molar-refractivity contribution in [2.75, 3.05) is 18.6 Å². The summed E-state index contributed by atoms with van der Waals surface area (Å²) in [6.07, 6.45) is 0.627. The molecule has 1 aliphatic rings. The Balaban J connectivity index is 1.75. The molecule has 0 spiro atoms. The molecule has 2 aromatic rings. The molecule has 1 atom stereocenters. The monoisotopic (exact) mass is 366 g/mol. The Kier molecular flexibility index (Phi) is 4.89. The van der Waals surface area contributed by atoms with Gasteiger partial charge in [0.15, 0.2) is 14.6 Å². The molecule has 0 bridgehead atoms. The van der Waals surface area contributed by atoms with Crippen molar-refractivity contribution in [1.82, 2.24) is 19.2 Å². The van der Waals surface area contributed by atoms with Crippen molar-refractivity contribution >= 4 is 22.1 Å². The lowest BCUT2D eigenvalue weighted by atomic mass is 10.1. The molecule has 130 valence electrons. The normalized spacial score (nSPS) is 19.9. The van der Waals surface area contributed by atoms with Crippen molar-refractivity contribution in [1.29, 1.82) is 0 Å². The Morgan fingerprint density at radius 3 is 2.67 bits per heavy atom. The molecule has 1 aromatic carbocycles. The van der Waals surface area contributed by atoms with Gasteiger partial charge in [0.1, 0.15) is 5.82 Å². The van der Waals surface area contributed by atoms with Crippen LogP contribution in [-0.2, 0) is 30.1 Å². The van der Waals surface area contributed by atoms with Crippen LogP contribution in [0.2, 0.25) is 0 Å². The molecular formula is C16H22N4O2S2. The van der Waals surface area contributed by atoms with E-state index in [2.05, 4.69) is 22.1 Å². The molecule has 3 rings (SSSR count). The number of hydrogen-bond donors (Lipinski definition) is 0. The molecule has 1 aromatic heterocycles. The highest BCUT2D eigenvalue weighted by atomic mass is 32.2. The summed E-state index contributed by atoms with van der Waals surface area (Å²) < 4.78 is 27.7. The minimum absolute atomic E-state index is 0.0534. The molecule has 1 fully saturated rings. The van der Waals surface area contributed by atoms with Crippen LogP contribution in [-0.4, -0.2) is 46.2 Å². The second-order valence-electron chi connectivity index (χ2n) is 6.44. The summed E-state index contributed by atoms with van der Waals surface area (Å²) in [6, 6.07) is 10.2. The van der Waals surface area contributed by atoms with Crippen molar-refractivity contribution < 1.29 is 8.42 Å². The van der Waals surface area contributed by atoms with Crippen LogP contribution in [0.3, 0.4) is 0 Å². The van der Waals surface area contributed by atoms with E-state index in [1.165, 1.54) is 5.56 Å². The summed E-state index contributed by atoms with van der Waals surface area (Å²) >= 11 is 5.48. The SMILES string of the molecule is CN(Cc1ccccc1)Cn1nc([C@H]2CCS(=O)(=O)C2)n(C)c1=S. The second-order valence-corrected chi connectivity index (χ2v) is 9.03. The predicted molar refractivity (Wildman–Crippen MR) is 96.0 cm³/mol. The van der Waals surface area contributed by atoms with Gasteiger partial charge >= 0.3 is 0 Å². The lowest BCUT2D eigenvalue weighted by molar-refractivity contribution is 0.243. The van der Waals surface area contributed by atoms with Gasteiger partial charge in [-0.15, -0.1) is 0 Å². The van der Waals surface area contributed by atoms with E-state index < -0.39 is 9.84 Å². The van der Waals surface area contributed by atoms with Gasteiger partial charge in [-0.05, 0) is 31.2 Å². The van der Waals surface area contributed by atoms with Crippen LogP contribution in [0.4, 0.5) is 0 Å². The van der Waals surface area contributed by atoms with Crippen LogP contribution in [0.15, 0.2) is 30.3 Å². The summed E-state index contributed by atoms with van der Waals surface area (Å²) in [5.74, 6) is 1.13. The maximum atomic E-state index is 11.7. The third-order valence-corrected chi connectivity index (χ3v) is 6.60. The van der Waals surface area contributed by atoms with Crippen molar-refractivity contribution in [3.05, 3.63) is 46.5 Å². The Bertz CT molecular complexity index is 871. The molecule has 0 saturated carbocycles. The first-order chi connectivity index (χ1) is 11.4. The average Bonchev–Trinajstić information content (AvgIpc) is 3.02. The molecule has 1 aliphatic heterocycles. The standard InChI is InChI=1S/C16H22N4O2S2/c1-18(10-13-6-4-3-5-7-13)12-20-16(23)19(2)15(17-20)14-8-9-24(21,22)11-14/h3-7,14H,8-12H2,1-2H3/t14-/m0/s1. The second kappa shape index (κ2) is 6.78. The van der Waals surface area contributed by atoms with E-state index in [1.54, 1.807) is 4.68 Å². The highest BCUT2D eigenvalue weighted by molar-refractivity contribution is 7.91. The van der Waals surface area contributed by atoms with Crippen LogP contribution < -0.4 is 0 Å². The first-order valence-electron chi connectivity index (χ1n) is 7.92. The van der Waals surface area contributed by atoms with Gasteiger partial charge in [-0.1, -0.05) is 30.3 Å². The highest BCUT2D eigenvalue weighted by Gasteiger charge is 2.32. The number of benzene rings is 1. The Hall–Kier alpha value is -1.51. The topological polar surface area (TPSA) is 60.1 Å². The molecule has 0 N–H and O–H groups in total. The molecule has 24 heavy (non-hydrogen) atoms. The van der Waals surface area contributed by atoms with Crippen LogP contribution in [0, 0.1) is 4.77 Å². The van der Waals surface area contributed by atoms with Gasteiger partial charge in [-0.25, -0.2) is 13.1 Å². The zero-order chi connectivity index (χ0) is 17.3. The van der Waals surface area contributed by atoms with Crippen molar-refractivity contribution in [3.8, 4) is 0 Å². The zero-order valence-electron chi connectivity index (χ0n) is 13.9. The molecule has 0 unspecified atom stereocenters. The molecule has 1 saturated heterocycles. The van der Waals surface area contributed by atoms with Gasteiger partial charge in [0, 0.05) is 19.5 Å². The smallest absolute Gasteiger partial charge is 0.198 e. The lowest BCUT2D eigenvalue weighted by Crippen LogP contribution is -2.22. The van der Waals surface area contributed by atoms with Crippen LogP contribution >= 0.6 is 12.2 Å². The average molecular weight is 367 g/mol. The fourth-order valence-corrected chi connectivity index (χ4v) is 5.06. The quantitative estimate of drug-likeness (QED) is 0.757. The lowest BCUT2D eigenvalue weighted by Gasteiger charge is -2.16. The summed E-state index contributed by atoms with van der Waals surface area (Å²) in [7, 11) is 0.947. The molecular weight excluding hydrogens is 344 g/mol. The van der Waals surface area contributed by atoms with Gasteiger partial charge in [0.2, 0.25) is 0 Å². The van der Waals surface area contributed by atoms with E-state index in [-0.39, 0.29) is 17.4 Å². The minimum Gasteiger partial charge on any atom is -0.307 e. The van der Waals surface area contributed by atoms with Crippen molar-refractivity contribution in [2.45, 2.75) is 25.6 Å². The van der Waals surface area contributed by atoms with Crippen molar-refractivity contribution in [3.63, 3.8) is 0 Å². The minimum atomic E-state index is -2.93. The molecule has 0 radical (unpaired) electrons. The molecule has 6 nitrogen and oxygen atoms in total. The molecule has 0 amide bonds. The summed E-state index contributed by atoms with van der Waals surface area (Å²) in [4.78, 5) is 2.13. The van der Waals surface area contributed by atoms with Gasteiger partial charge in [-0.3, -0.25) is 4.90 Å². The fourth-order valence-electron chi connectivity index (χ4n) is 3.12. The number of aromatic nitrogens is 3. The van der Waals surface area contributed by atoms with E-state index in [1.807, 2.05) is 36.9 Å². The van der Waals surface area contributed by atoms with E-state index in [0.29, 0.717) is 17.9 Å². The molecule has 8 heteroatoms. The maximum Gasteiger partial charge on any atom is 0.198 e. The van der Waals surface area contributed by atoms with Gasteiger partial charge in [0.25, 0.3) is 0 Å². The van der Waals surface area contributed by atoms with E-state index in [9.17, 15) is 8.42 Å². The third kappa shape index (κ3) is 3.76. The largest absolute Gasteiger partial charge is 0.307 e. The predicted octanol–water partition coefficient (Wildman–Crippen LogP) is 1.94. The van der Waals surface area contributed by atoms with E-state index >= 15 is 0 Å². The number of nitrogens with zero attached hydrogens (tertiary/aromatic N) is 4. The number of rotatable bonds is 5. The van der Waals surface area contributed by atoms with Gasteiger partial charge < -0.3 is 4.57 Å². The summed E-state index contributed by atoms with van der Waals surface area (Å²) in [5, 5.41) is 4.61. The Morgan fingerprint density at radius 2 is 2.04 bits per heavy atom. The fraction of sp³-hybridized carbons (Fsp3) is 0.500. The summed E-state index contributed by atoms with van der Waals surface area (Å²) in [6.45, 7) is 1.37. The van der Waals surface area contributed by atoms with E-state index in [0.717, 1.165) is 12.4 Å². The van der Waals surface area contributed by atoms with Crippen LogP contribution in [0.1, 0.15) is 23.7 Å². The van der Waals surface area contributed by atoms with Gasteiger partial charge in [-0.2, -0.15) is 5.10 Å². The number of sulfone groups is 1. The molecule has 2 heterocycles. The first-order valence-corrected chi connectivity index (χ1v) is 10.2. The number of hydrogen-bond acceptors (Lipinski definition) is 5. The van der Waals surface area contributed by atoms with Crippen LogP contribution in [0.5, 0.6) is 0 Å². The summed E-state index contributed by atoms with van der Waals surface area (Å²) in [5.41, 5.74) is 1.23. The van der Waals surface area contributed by atoms with Crippen molar-refractivity contribution in [2.24, 2.45) is 7.05 Å². The zero-order valence-corrected chi connectivity index (χ0v) is 15.6. The molecule has 0 aliphatic carbocycles. The van der Waals surface area contributed by atoms with Gasteiger partial charge in [0.05, 0.1) is 18.2 Å². The Morgan fingerprint density at radius 1 is 1.33 bits per heavy atom. The highest BCUT2D eigenvalue weighted by Crippen LogP contribution is 2.27. The van der Waals surface area contributed by atoms with Crippen LogP contribution in [0.25, 0.3) is 0 Å². The third-order valence-electron chi connectivity index (χ3n) is 4.34. The first kappa shape index (κ1) is 17.3. The van der Waals surface area contributed by atoms with E-state index in [4.69, 9.17) is 12.2 Å².